The number of piperidine rings is 1. The van der Waals surface area contributed by atoms with E-state index in [1.807, 2.05) is 13.8 Å². The van der Waals surface area contributed by atoms with Gasteiger partial charge in [0.05, 0.1) is 11.6 Å². The van der Waals surface area contributed by atoms with E-state index in [1.165, 1.54) is 31.4 Å². The third-order valence-electron chi connectivity index (χ3n) is 9.60. The van der Waals surface area contributed by atoms with Crippen LogP contribution in [0.25, 0.3) is 0 Å². The molecular formula is C30H43FN4O3. The number of likely N-dealkylation sites (tertiary alicyclic amines) is 1. The number of nitrogens with one attached hydrogen (secondary N) is 2. The van der Waals surface area contributed by atoms with Gasteiger partial charge in [0.15, 0.2) is 0 Å². The Morgan fingerprint density at radius 2 is 1.74 bits per heavy atom. The number of halogens is 1. The summed E-state index contributed by atoms with van der Waals surface area (Å²) < 4.78 is 15.1. The van der Waals surface area contributed by atoms with Gasteiger partial charge in [-0.05, 0) is 100 Å². The van der Waals surface area contributed by atoms with Crippen LogP contribution in [-0.2, 0) is 4.79 Å². The molecule has 1 heterocycles. The average molecular weight is 527 g/mol. The van der Waals surface area contributed by atoms with E-state index in [-0.39, 0.29) is 51.4 Å². The van der Waals surface area contributed by atoms with Gasteiger partial charge in [0.2, 0.25) is 5.91 Å². The number of urea groups is 1. The Bertz CT molecular complexity index is 1100. The fourth-order valence-corrected chi connectivity index (χ4v) is 9.07. The molecule has 3 unspecified atom stereocenters. The monoisotopic (exact) mass is 526 g/mol. The standard InChI is InChI=1S/C30H43FN4O3/c1-5-34(6-2)26(37)22-8-7-11-35(16-22)25(36)21-9-10-24(23(31)12-21)32-27(38)33-30-15-20-13-28(3,18-30)17-29(4,14-20)19-30/h9-10,12,20,22H,5-8,11,13-19H2,1-4H3,(H2,32,33,38)/t20?,22?,28-,29+,30?. The van der Waals surface area contributed by atoms with E-state index in [1.54, 1.807) is 15.9 Å². The van der Waals surface area contributed by atoms with Crippen LogP contribution in [0.5, 0.6) is 0 Å². The summed E-state index contributed by atoms with van der Waals surface area (Å²) in [6, 6.07) is 3.84. The molecule has 4 amide bonds. The number of carbonyl (C=O) groups is 3. The van der Waals surface area contributed by atoms with Gasteiger partial charge in [0.1, 0.15) is 5.82 Å². The predicted octanol–water partition coefficient (Wildman–Crippen LogP) is 5.42. The second-order valence-corrected chi connectivity index (χ2v) is 13.3. The number of benzene rings is 1. The molecule has 1 aromatic carbocycles. The molecule has 208 valence electrons. The molecule has 38 heavy (non-hydrogen) atoms. The summed E-state index contributed by atoms with van der Waals surface area (Å²) in [5.74, 6) is -0.432. The van der Waals surface area contributed by atoms with Crippen molar-refractivity contribution in [1.29, 1.82) is 0 Å². The molecule has 1 aromatic rings. The maximum absolute atomic E-state index is 15.1. The molecule has 4 bridgehead atoms. The number of nitrogens with zero attached hydrogens (tertiary/aromatic N) is 2. The first-order valence-corrected chi connectivity index (χ1v) is 14.4. The fourth-order valence-electron chi connectivity index (χ4n) is 9.07. The third kappa shape index (κ3) is 5.15. The Hall–Kier alpha value is -2.64. The topological polar surface area (TPSA) is 81.8 Å². The van der Waals surface area contributed by atoms with Crippen LogP contribution in [0.15, 0.2) is 18.2 Å². The molecular weight excluding hydrogens is 483 g/mol. The normalized spacial score (nSPS) is 33.7. The first-order chi connectivity index (χ1) is 18.0. The fraction of sp³-hybridized carbons (Fsp3) is 0.700. The van der Waals surface area contributed by atoms with Crippen molar-refractivity contribution in [1.82, 2.24) is 15.1 Å². The molecule has 5 aliphatic rings. The highest BCUT2D eigenvalue weighted by atomic mass is 19.1. The maximum Gasteiger partial charge on any atom is 0.319 e. The van der Waals surface area contributed by atoms with Gasteiger partial charge in [-0.25, -0.2) is 9.18 Å². The molecule has 1 saturated heterocycles. The lowest BCUT2D eigenvalue weighted by atomic mass is 9.43. The number of hydrogen-bond donors (Lipinski definition) is 2. The van der Waals surface area contributed by atoms with Crippen molar-refractivity contribution >= 4 is 23.5 Å². The van der Waals surface area contributed by atoms with Crippen LogP contribution in [0, 0.1) is 28.5 Å². The molecule has 1 aliphatic heterocycles. The van der Waals surface area contributed by atoms with Crippen molar-refractivity contribution in [2.45, 2.75) is 84.6 Å². The Balaban J connectivity index is 1.22. The van der Waals surface area contributed by atoms with Crippen LogP contribution >= 0.6 is 0 Å². The minimum absolute atomic E-state index is 0.0643. The van der Waals surface area contributed by atoms with Crippen LogP contribution in [-0.4, -0.2) is 59.4 Å². The van der Waals surface area contributed by atoms with Crippen LogP contribution < -0.4 is 10.6 Å². The Kier molecular flexibility index (Phi) is 6.97. The van der Waals surface area contributed by atoms with Crippen molar-refractivity contribution in [2.75, 3.05) is 31.5 Å². The number of carbonyl (C=O) groups excluding carboxylic acids is 3. The molecule has 0 spiro atoms. The quantitative estimate of drug-likeness (QED) is 0.520. The van der Waals surface area contributed by atoms with Gasteiger partial charge >= 0.3 is 6.03 Å². The van der Waals surface area contributed by atoms with Crippen LogP contribution in [0.4, 0.5) is 14.9 Å². The Morgan fingerprint density at radius 3 is 2.34 bits per heavy atom. The molecule has 8 heteroatoms. The lowest BCUT2D eigenvalue weighted by molar-refractivity contribution is -0.136. The summed E-state index contributed by atoms with van der Waals surface area (Å²) in [7, 11) is 0. The van der Waals surface area contributed by atoms with Gasteiger partial charge in [-0.2, -0.15) is 0 Å². The lowest BCUT2D eigenvalue weighted by Crippen LogP contribution is -2.65. The molecule has 2 N–H and O–H groups in total. The summed E-state index contributed by atoms with van der Waals surface area (Å²) in [5, 5.41) is 5.95. The van der Waals surface area contributed by atoms with Gasteiger partial charge < -0.3 is 20.4 Å². The molecule has 5 fully saturated rings. The highest BCUT2D eigenvalue weighted by molar-refractivity contribution is 5.96. The Labute approximate surface area is 225 Å². The first kappa shape index (κ1) is 26.9. The maximum atomic E-state index is 15.1. The average Bonchev–Trinajstić information content (AvgIpc) is 2.83. The second-order valence-electron chi connectivity index (χ2n) is 13.3. The number of amides is 4. The largest absolute Gasteiger partial charge is 0.343 e. The van der Waals surface area contributed by atoms with Gasteiger partial charge in [0, 0.05) is 37.3 Å². The number of anilines is 1. The van der Waals surface area contributed by atoms with E-state index in [2.05, 4.69) is 24.5 Å². The van der Waals surface area contributed by atoms with E-state index in [4.69, 9.17) is 0 Å². The zero-order valence-corrected chi connectivity index (χ0v) is 23.4. The van der Waals surface area contributed by atoms with Crippen molar-refractivity contribution in [3.8, 4) is 0 Å². The van der Waals surface area contributed by atoms with Crippen LogP contribution in [0.1, 0.15) is 89.4 Å². The van der Waals surface area contributed by atoms with E-state index < -0.39 is 5.82 Å². The van der Waals surface area contributed by atoms with Crippen molar-refractivity contribution in [3.05, 3.63) is 29.6 Å². The van der Waals surface area contributed by atoms with Crippen LogP contribution in [0.2, 0.25) is 0 Å². The summed E-state index contributed by atoms with van der Waals surface area (Å²) in [4.78, 5) is 42.5. The zero-order chi connectivity index (χ0) is 27.3. The van der Waals surface area contributed by atoms with E-state index in [0.717, 1.165) is 32.1 Å². The van der Waals surface area contributed by atoms with Crippen molar-refractivity contribution in [3.63, 3.8) is 0 Å². The summed E-state index contributed by atoms with van der Waals surface area (Å²) >= 11 is 0. The Morgan fingerprint density at radius 1 is 1.05 bits per heavy atom. The second kappa shape index (κ2) is 9.83. The highest BCUT2D eigenvalue weighted by Gasteiger charge is 2.60. The van der Waals surface area contributed by atoms with E-state index in [0.29, 0.717) is 32.1 Å². The first-order valence-electron chi connectivity index (χ1n) is 14.4. The summed E-state index contributed by atoms with van der Waals surface area (Å²) in [5.41, 5.74) is 0.587. The van der Waals surface area contributed by atoms with Gasteiger partial charge in [-0.3, -0.25) is 9.59 Å². The van der Waals surface area contributed by atoms with Crippen molar-refractivity contribution in [2.24, 2.45) is 22.7 Å². The molecule has 6 rings (SSSR count). The summed E-state index contributed by atoms with van der Waals surface area (Å²) in [6.07, 6.45) is 8.13. The minimum atomic E-state index is -0.636. The lowest BCUT2D eigenvalue weighted by Gasteiger charge is -2.65. The minimum Gasteiger partial charge on any atom is -0.343 e. The van der Waals surface area contributed by atoms with Gasteiger partial charge in [-0.15, -0.1) is 0 Å². The number of hydrogen-bond acceptors (Lipinski definition) is 3. The SMILES string of the molecule is CCN(CC)C(=O)C1CCCN(C(=O)c2ccc(NC(=O)NC34CC5C[C@@](C)(C3)C[C@](C)(C5)C4)c(F)c2)C1. The molecule has 0 radical (unpaired) electrons. The third-order valence-corrected chi connectivity index (χ3v) is 9.60. The molecule has 0 aromatic heterocycles. The molecule has 4 aliphatic carbocycles. The smallest absolute Gasteiger partial charge is 0.319 e. The van der Waals surface area contributed by atoms with E-state index >= 15 is 4.39 Å². The molecule has 5 atom stereocenters. The zero-order valence-electron chi connectivity index (χ0n) is 23.4. The highest BCUT2D eigenvalue weighted by Crippen LogP contribution is 2.66. The van der Waals surface area contributed by atoms with Crippen molar-refractivity contribution < 1.29 is 18.8 Å². The predicted molar refractivity (Wildman–Crippen MR) is 145 cm³/mol. The number of rotatable bonds is 6. The molecule has 4 saturated carbocycles. The van der Waals surface area contributed by atoms with E-state index in [9.17, 15) is 14.4 Å². The summed E-state index contributed by atoms with van der Waals surface area (Å²) in [6.45, 7) is 10.8. The van der Waals surface area contributed by atoms with Crippen LogP contribution in [0.3, 0.4) is 0 Å². The van der Waals surface area contributed by atoms with Gasteiger partial charge in [0.25, 0.3) is 5.91 Å². The molecule has 7 nitrogen and oxygen atoms in total. The van der Waals surface area contributed by atoms with Gasteiger partial charge in [-0.1, -0.05) is 13.8 Å².